The zero-order chi connectivity index (χ0) is 27.8. The van der Waals surface area contributed by atoms with E-state index in [0.717, 1.165) is 28.2 Å². The molecular formula is C31H35NO7. The molecule has 39 heavy (non-hydrogen) atoms. The molecule has 1 N–H and O–H groups in total. The molecule has 8 heteroatoms. The number of likely N-dealkylation sites (N-methyl/N-ethyl adjacent to an activating group) is 1. The Hall–Kier alpha value is -3.88. The average Bonchev–Trinajstić information content (AvgIpc) is 3.31. The van der Waals surface area contributed by atoms with E-state index < -0.39 is 23.6 Å². The predicted molar refractivity (Wildman–Crippen MR) is 146 cm³/mol. The van der Waals surface area contributed by atoms with Crippen LogP contribution in [0.15, 0.2) is 78.9 Å². The lowest BCUT2D eigenvalue weighted by molar-refractivity contribution is -0.154. The Morgan fingerprint density at radius 2 is 1.36 bits per heavy atom. The van der Waals surface area contributed by atoms with Crippen molar-refractivity contribution in [2.24, 2.45) is 5.92 Å². The van der Waals surface area contributed by atoms with Crippen molar-refractivity contribution in [3.05, 3.63) is 95.6 Å². The summed E-state index contributed by atoms with van der Waals surface area (Å²) < 4.78 is 23.5. The molecule has 3 aromatic carbocycles. The fraction of sp³-hybridized carbons (Fsp3) is 0.355. The topological polar surface area (TPSA) is 94.5 Å². The number of hydrogen-bond donors (Lipinski definition) is 1. The fourth-order valence-corrected chi connectivity index (χ4v) is 5.09. The molecule has 1 fully saturated rings. The normalized spacial score (nSPS) is 17.5. The van der Waals surface area contributed by atoms with Crippen molar-refractivity contribution in [1.82, 2.24) is 4.90 Å². The van der Waals surface area contributed by atoms with Crippen LogP contribution in [0, 0.1) is 5.92 Å². The minimum atomic E-state index is -1.03. The molecule has 0 amide bonds. The summed E-state index contributed by atoms with van der Waals surface area (Å²) in [6.07, 6.45) is -0.819. The molecule has 1 heterocycles. The van der Waals surface area contributed by atoms with Gasteiger partial charge in [-0.25, -0.2) is 0 Å². The third-order valence-electron chi connectivity index (χ3n) is 7.08. The minimum Gasteiger partial charge on any atom is -0.497 e. The number of aliphatic carboxylic acids is 1. The number of ether oxygens (including phenoxy) is 4. The highest BCUT2D eigenvalue weighted by molar-refractivity contribution is 5.76. The predicted octanol–water partition coefficient (Wildman–Crippen LogP) is 4.35. The molecule has 8 nitrogen and oxygen atoms in total. The van der Waals surface area contributed by atoms with Gasteiger partial charge in [0.2, 0.25) is 0 Å². The number of rotatable bonds is 12. The SMILES string of the molecule is COc1ccc(C(OCC2CN(C)CC2OC(=O)CCC(=O)O)(c2ccccc2)c2ccc(OC)cc2)cc1. The van der Waals surface area contributed by atoms with E-state index in [9.17, 15) is 9.59 Å². The van der Waals surface area contributed by atoms with Gasteiger partial charge in [0.25, 0.3) is 0 Å². The van der Waals surface area contributed by atoms with E-state index in [4.69, 9.17) is 24.1 Å². The highest BCUT2D eigenvalue weighted by atomic mass is 16.5. The summed E-state index contributed by atoms with van der Waals surface area (Å²) >= 11 is 0. The summed E-state index contributed by atoms with van der Waals surface area (Å²) in [6.45, 7) is 1.53. The van der Waals surface area contributed by atoms with Crippen LogP contribution in [0.3, 0.4) is 0 Å². The summed E-state index contributed by atoms with van der Waals surface area (Å²) in [5.74, 6) is -0.171. The first-order chi connectivity index (χ1) is 18.8. The average molecular weight is 534 g/mol. The highest BCUT2D eigenvalue weighted by Crippen LogP contribution is 2.42. The van der Waals surface area contributed by atoms with Crippen LogP contribution in [0.1, 0.15) is 29.5 Å². The quantitative estimate of drug-likeness (QED) is 0.271. The van der Waals surface area contributed by atoms with Crippen LogP contribution in [0.5, 0.6) is 11.5 Å². The van der Waals surface area contributed by atoms with Crippen molar-refractivity contribution in [2.45, 2.75) is 24.5 Å². The number of carboxylic acids is 1. The van der Waals surface area contributed by atoms with Crippen molar-refractivity contribution in [3.63, 3.8) is 0 Å². The maximum Gasteiger partial charge on any atom is 0.306 e. The van der Waals surface area contributed by atoms with Crippen LogP contribution in [0.25, 0.3) is 0 Å². The minimum absolute atomic E-state index is 0.108. The number of carbonyl (C=O) groups excluding carboxylic acids is 1. The summed E-state index contributed by atoms with van der Waals surface area (Å²) in [5.41, 5.74) is 1.81. The van der Waals surface area contributed by atoms with E-state index in [2.05, 4.69) is 4.90 Å². The third-order valence-corrected chi connectivity index (χ3v) is 7.08. The van der Waals surface area contributed by atoms with E-state index in [1.807, 2.05) is 85.9 Å². The largest absolute Gasteiger partial charge is 0.497 e. The number of nitrogens with zero attached hydrogens (tertiary/aromatic N) is 1. The van der Waals surface area contributed by atoms with Crippen molar-refractivity contribution < 1.29 is 33.6 Å². The lowest BCUT2D eigenvalue weighted by Crippen LogP contribution is -2.37. The molecule has 4 rings (SSSR count). The Balaban J connectivity index is 1.71. The maximum atomic E-state index is 12.4. The lowest BCUT2D eigenvalue weighted by atomic mass is 9.80. The van der Waals surface area contributed by atoms with E-state index in [1.165, 1.54) is 0 Å². The van der Waals surface area contributed by atoms with Crippen LogP contribution >= 0.6 is 0 Å². The van der Waals surface area contributed by atoms with Gasteiger partial charge in [-0.2, -0.15) is 0 Å². The second-order valence-electron chi connectivity index (χ2n) is 9.72. The Kier molecular flexibility index (Phi) is 9.22. The molecule has 0 saturated carbocycles. The van der Waals surface area contributed by atoms with Gasteiger partial charge in [-0.3, -0.25) is 9.59 Å². The number of hydrogen-bond acceptors (Lipinski definition) is 7. The summed E-state index contributed by atoms with van der Waals surface area (Å²) in [4.78, 5) is 25.4. The van der Waals surface area contributed by atoms with Crippen LogP contribution < -0.4 is 9.47 Å². The van der Waals surface area contributed by atoms with Gasteiger partial charge in [0.05, 0.1) is 33.7 Å². The van der Waals surface area contributed by atoms with Gasteiger partial charge in [-0.05, 0) is 48.0 Å². The Labute approximate surface area is 229 Å². The summed E-state index contributed by atoms with van der Waals surface area (Å²) in [6, 6.07) is 25.7. The first-order valence-corrected chi connectivity index (χ1v) is 12.9. The number of carbonyl (C=O) groups is 2. The number of carboxylic acid groups (broad SMARTS) is 1. The fourth-order valence-electron chi connectivity index (χ4n) is 5.09. The Morgan fingerprint density at radius 3 is 1.87 bits per heavy atom. The van der Waals surface area contributed by atoms with E-state index in [0.29, 0.717) is 19.7 Å². The van der Waals surface area contributed by atoms with Crippen molar-refractivity contribution in [2.75, 3.05) is 41.0 Å². The molecule has 0 aromatic heterocycles. The lowest BCUT2D eigenvalue weighted by Gasteiger charge is -2.37. The zero-order valence-electron chi connectivity index (χ0n) is 22.5. The molecule has 2 unspecified atom stereocenters. The second-order valence-corrected chi connectivity index (χ2v) is 9.72. The maximum absolute atomic E-state index is 12.4. The highest BCUT2D eigenvalue weighted by Gasteiger charge is 2.41. The Morgan fingerprint density at radius 1 is 0.821 bits per heavy atom. The Bertz CT molecular complexity index is 1180. The molecule has 0 spiro atoms. The van der Waals surface area contributed by atoms with E-state index in [-0.39, 0.29) is 18.8 Å². The molecule has 0 radical (unpaired) electrons. The number of benzene rings is 3. The molecule has 1 aliphatic heterocycles. The molecular weight excluding hydrogens is 498 g/mol. The van der Waals surface area contributed by atoms with Gasteiger partial charge < -0.3 is 29.0 Å². The van der Waals surface area contributed by atoms with E-state index >= 15 is 0 Å². The first-order valence-electron chi connectivity index (χ1n) is 12.9. The van der Waals surface area contributed by atoms with Gasteiger partial charge in [-0.15, -0.1) is 0 Å². The van der Waals surface area contributed by atoms with Gasteiger partial charge in [0.1, 0.15) is 23.2 Å². The number of esters is 1. The third kappa shape index (κ3) is 6.58. The summed E-state index contributed by atoms with van der Waals surface area (Å²) in [5, 5.41) is 8.93. The molecule has 0 bridgehead atoms. The van der Waals surface area contributed by atoms with Crippen LogP contribution in [0.2, 0.25) is 0 Å². The first kappa shape index (κ1) is 28.1. The summed E-state index contributed by atoms with van der Waals surface area (Å²) in [7, 11) is 5.23. The van der Waals surface area contributed by atoms with Crippen LogP contribution in [0.4, 0.5) is 0 Å². The van der Waals surface area contributed by atoms with Crippen LogP contribution in [-0.4, -0.2) is 69.0 Å². The zero-order valence-corrected chi connectivity index (χ0v) is 22.5. The van der Waals surface area contributed by atoms with Gasteiger partial charge >= 0.3 is 11.9 Å². The second kappa shape index (κ2) is 12.8. The standard InChI is InChI=1S/C31H35NO7/c1-32-19-22(28(20-32)39-30(35)18-17-29(33)34)21-38-31(23-7-5-4-6-8-23,24-9-13-26(36-2)14-10-24)25-11-15-27(37-3)16-12-25/h4-16,22,28H,17-21H2,1-3H3,(H,33,34). The van der Waals surface area contributed by atoms with Gasteiger partial charge in [0, 0.05) is 19.0 Å². The van der Waals surface area contributed by atoms with Crippen molar-refractivity contribution in [3.8, 4) is 11.5 Å². The number of methoxy groups -OCH3 is 2. The smallest absolute Gasteiger partial charge is 0.306 e. The van der Waals surface area contributed by atoms with Crippen molar-refractivity contribution >= 4 is 11.9 Å². The molecule has 1 aliphatic rings. The molecule has 0 aliphatic carbocycles. The molecule has 3 aromatic rings. The number of likely N-dealkylation sites (tertiary alicyclic amines) is 1. The van der Waals surface area contributed by atoms with Crippen LogP contribution in [-0.2, 0) is 24.7 Å². The molecule has 1 saturated heterocycles. The van der Waals surface area contributed by atoms with Crippen molar-refractivity contribution in [1.29, 1.82) is 0 Å². The van der Waals surface area contributed by atoms with Gasteiger partial charge in [0.15, 0.2) is 0 Å². The van der Waals surface area contributed by atoms with Gasteiger partial charge in [-0.1, -0.05) is 54.6 Å². The monoisotopic (exact) mass is 533 g/mol. The van der Waals surface area contributed by atoms with E-state index in [1.54, 1.807) is 14.2 Å². The molecule has 2 atom stereocenters. The molecule has 206 valence electrons.